The van der Waals surface area contributed by atoms with Crippen LogP contribution in [0.3, 0.4) is 0 Å². The molecule has 0 aliphatic rings. The highest BCUT2D eigenvalue weighted by Gasteiger charge is 2.11. The van der Waals surface area contributed by atoms with Gasteiger partial charge in [0.2, 0.25) is 0 Å². The lowest BCUT2D eigenvalue weighted by Crippen LogP contribution is -2.08. The molecule has 4 nitrogen and oxygen atoms in total. The fourth-order valence-electron chi connectivity index (χ4n) is 1.82. The van der Waals surface area contributed by atoms with Gasteiger partial charge < -0.3 is 10.6 Å². The van der Waals surface area contributed by atoms with Gasteiger partial charge in [-0.2, -0.15) is 0 Å². The van der Waals surface area contributed by atoms with Crippen molar-refractivity contribution in [3.05, 3.63) is 39.1 Å². The van der Waals surface area contributed by atoms with E-state index in [-0.39, 0.29) is 0 Å². The van der Waals surface area contributed by atoms with E-state index in [9.17, 15) is 0 Å². The van der Waals surface area contributed by atoms with Gasteiger partial charge in [0.25, 0.3) is 0 Å². The maximum Gasteiger partial charge on any atom is 0.139 e. The molecule has 20 heavy (non-hydrogen) atoms. The molecule has 0 bridgehead atoms. The summed E-state index contributed by atoms with van der Waals surface area (Å²) in [7, 11) is 0. The summed E-state index contributed by atoms with van der Waals surface area (Å²) in [5.74, 6) is 2.34. The molecule has 2 rings (SSSR count). The van der Waals surface area contributed by atoms with Gasteiger partial charge in [0.05, 0.1) is 15.2 Å². The average Bonchev–Trinajstić information content (AvgIpc) is 2.40. The first-order chi connectivity index (χ1) is 9.52. The maximum atomic E-state index is 6.10. The summed E-state index contributed by atoms with van der Waals surface area (Å²) in [6, 6.07) is 5.67. The highest BCUT2D eigenvalue weighted by molar-refractivity contribution is 9.10. The van der Waals surface area contributed by atoms with E-state index in [1.165, 1.54) is 0 Å². The van der Waals surface area contributed by atoms with Crippen LogP contribution in [-0.4, -0.2) is 16.5 Å². The van der Waals surface area contributed by atoms with Gasteiger partial charge in [-0.25, -0.2) is 9.97 Å². The molecule has 0 radical (unpaired) electrons. The monoisotopic (exact) mass is 354 g/mol. The number of anilines is 3. The van der Waals surface area contributed by atoms with Crippen LogP contribution in [0.5, 0.6) is 0 Å². The zero-order valence-corrected chi connectivity index (χ0v) is 13.9. The van der Waals surface area contributed by atoms with E-state index < -0.39 is 0 Å². The van der Waals surface area contributed by atoms with Crippen LogP contribution in [0.25, 0.3) is 0 Å². The van der Waals surface area contributed by atoms with Gasteiger partial charge in [-0.05, 0) is 48.8 Å². The van der Waals surface area contributed by atoms with Gasteiger partial charge in [-0.15, -0.1) is 0 Å². The van der Waals surface area contributed by atoms with Crippen LogP contribution in [0.2, 0.25) is 5.02 Å². The predicted molar refractivity (Wildman–Crippen MR) is 88.1 cm³/mol. The molecule has 0 unspecified atom stereocenters. The van der Waals surface area contributed by atoms with Gasteiger partial charge in [-0.3, -0.25) is 0 Å². The van der Waals surface area contributed by atoms with E-state index in [1.54, 1.807) is 0 Å². The third kappa shape index (κ3) is 3.22. The van der Waals surface area contributed by atoms with Crippen molar-refractivity contribution in [1.82, 2.24) is 9.97 Å². The molecule has 106 valence electrons. The standard InChI is InChI=1S/C14H16BrClN4/c1-4-17-13-8(2)14(19-9(3)18-13)20-11-7-5-6-10(16)12(11)15/h5-7H,4H2,1-3H3,(H2,17,18,19,20). The second kappa shape index (κ2) is 6.41. The Morgan fingerprint density at radius 1 is 1.20 bits per heavy atom. The smallest absolute Gasteiger partial charge is 0.139 e. The zero-order chi connectivity index (χ0) is 14.7. The van der Waals surface area contributed by atoms with Crippen LogP contribution >= 0.6 is 27.5 Å². The first-order valence-corrected chi connectivity index (χ1v) is 7.50. The van der Waals surface area contributed by atoms with Crippen LogP contribution < -0.4 is 10.6 Å². The largest absolute Gasteiger partial charge is 0.370 e. The van der Waals surface area contributed by atoms with Crippen LogP contribution in [-0.2, 0) is 0 Å². The molecule has 0 atom stereocenters. The van der Waals surface area contributed by atoms with E-state index in [0.717, 1.165) is 33.9 Å². The van der Waals surface area contributed by atoms with Crippen molar-refractivity contribution in [2.45, 2.75) is 20.8 Å². The van der Waals surface area contributed by atoms with Crippen LogP contribution in [0.4, 0.5) is 17.3 Å². The van der Waals surface area contributed by atoms with Gasteiger partial charge >= 0.3 is 0 Å². The molecule has 1 aromatic carbocycles. The number of aromatic nitrogens is 2. The van der Waals surface area contributed by atoms with Crippen LogP contribution in [0.15, 0.2) is 22.7 Å². The molecule has 0 amide bonds. The van der Waals surface area contributed by atoms with E-state index in [1.807, 2.05) is 39.0 Å². The Bertz CT molecular complexity index is 631. The Morgan fingerprint density at radius 2 is 1.90 bits per heavy atom. The first kappa shape index (κ1) is 15.1. The molecule has 0 fully saturated rings. The van der Waals surface area contributed by atoms with E-state index in [0.29, 0.717) is 10.8 Å². The third-order valence-electron chi connectivity index (χ3n) is 2.81. The lowest BCUT2D eigenvalue weighted by atomic mass is 10.2. The van der Waals surface area contributed by atoms with Crippen molar-refractivity contribution in [1.29, 1.82) is 0 Å². The second-order valence-corrected chi connectivity index (χ2v) is 5.55. The highest BCUT2D eigenvalue weighted by atomic mass is 79.9. The molecule has 2 aromatic rings. The fourth-order valence-corrected chi connectivity index (χ4v) is 2.36. The van der Waals surface area contributed by atoms with Crippen LogP contribution in [0, 0.1) is 13.8 Å². The summed E-state index contributed by atoms with van der Waals surface area (Å²) in [4.78, 5) is 8.86. The van der Waals surface area contributed by atoms with Gasteiger partial charge in [0.15, 0.2) is 0 Å². The normalized spacial score (nSPS) is 10.4. The van der Waals surface area contributed by atoms with E-state index >= 15 is 0 Å². The first-order valence-electron chi connectivity index (χ1n) is 6.33. The number of halogens is 2. The summed E-state index contributed by atoms with van der Waals surface area (Å²) in [5.41, 5.74) is 1.85. The molecular weight excluding hydrogens is 340 g/mol. The van der Waals surface area contributed by atoms with E-state index in [4.69, 9.17) is 11.6 Å². The van der Waals surface area contributed by atoms with Gasteiger partial charge in [-0.1, -0.05) is 17.7 Å². The number of hydrogen-bond donors (Lipinski definition) is 2. The number of benzene rings is 1. The molecule has 0 saturated carbocycles. The van der Waals surface area contributed by atoms with Crippen molar-refractivity contribution in [3.8, 4) is 0 Å². The molecule has 2 N–H and O–H groups in total. The Balaban J connectivity index is 2.40. The Hall–Kier alpha value is -1.33. The Morgan fingerprint density at radius 3 is 2.60 bits per heavy atom. The van der Waals surface area contributed by atoms with Crippen molar-refractivity contribution >= 4 is 44.9 Å². The summed E-state index contributed by atoms with van der Waals surface area (Å²) >= 11 is 9.58. The molecule has 6 heteroatoms. The molecule has 0 saturated heterocycles. The summed E-state index contributed by atoms with van der Waals surface area (Å²) < 4.78 is 0.822. The van der Waals surface area contributed by atoms with Crippen molar-refractivity contribution in [2.24, 2.45) is 0 Å². The lowest BCUT2D eigenvalue weighted by molar-refractivity contribution is 1.02. The zero-order valence-electron chi connectivity index (χ0n) is 11.6. The van der Waals surface area contributed by atoms with E-state index in [2.05, 4.69) is 36.5 Å². The molecule has 1 aromatic heterocycles. The van der Waals surface area contributed by atoms with Crippen molar-refractivity contribution < 1.29 is 0 Å². The molecule has 0 aliphatic heterocycles. The van der Waals surface area contributed by atoms with Crippen LogP contribution in [0.1, 0.15) is 18.3 Å². The minimum atomic E-state index is 0.658. The Labute approximate surface area is 132 Å². The minimum absolute atomic E-state index is 0.658. The molecule has 1 heterocycles. The number of aryl methyl sites for hydroxylation is 1. The van der Waals surface area contributed by atoms with Gasteiger partial charge in [0.1, 0.15) is 17.5 Å². The average molecular weight is 356 g/mol. The summed E-state index contributed by atoms with van der Waals surface area (Å²) in [6.07, 6.45) is 0. The topological polar surface area (TPSA) is 49.8 Å². The number of nitrogens with zero attached hydrogens (tertiary/aromatic N) is 2. The van der Waals surface area contributed by atoms with Gasteiger partial charge in [0, 0.05) is 12.1 Å². The SMILES string of the molecule is CCNc1nc(C)nc(Nc2cccc(Cl)c2Br)c1C. The second-order valence-electron chi connectivity index (χ2n) is 4.35. The predicted octanol–water partition coefficient (Wildman–Crippen LogP) is 4.68. The molecular formula is C14H16BrClN4. The Kier molecular flexibility index (Phi) is 4.83. The van der Waals surface area contributed by atoms with Crippen molar-refractivity contribution in [2.75, 3.05) is 17.2 Å². The van der Waals surface area contributed by atoms with Crippen molar-refractivity contribution in [3.63, 3.8) is 0 Å². The summed E-state index contributed by atoms with van der Waals surface area (Å²) in [6.45, 7) is 6.71. The maximum absolute atomic E-state index is 6.10. The minimum Gasteiger partial charge on any atom is -0.370 e. The highest BCUT2D eigenvalue weighted by Crippen LogP contribution is 2.33. The lowest BCUT2D eigenvalue weighted by Gasteiger charge is -2.14. The fraction of sp³-hybridized carbons (Fsp3) is 0.286. The molecule has 0 spiro atoms. The number of hydrogen-bond acceptors (Lipinski definition) is 4. The third-order valence-corrected chi connectivity index (χ3v) is 4.20. The summed E-state index contributed by atoms with van der Waals surface area (Å²) in [5, 5.41) is 7.20. The number of rotatable bonds is 4. The quantitative estimate of drug-likeness (QED) is 0.835. The molecule has 0 aliphatic carbocycles. The number of nitrogens with one attached hydrogen (secondary N) is 2.